The van der Waals surface area contributed by atoms with Gasteiger partial charge in [-0.1, -0.05) is 29.8 Å². The van der Waals surface area contributed by atoms with Crippen molar-refractivity contribution in [1.82, 2.24) is 4.90 Å². The first-order valence-corrected chi connectivity index (χ1v) is 10.2. The van der Waals surface area contributed by atoms with Crippen LogP contribution in [0.3, 0.4) is 0 Å². The molecule has 0 radical (unpaired) electrons. The van der Waals surface area contributed by atoms with Crippen molar-refractivity contribution in [3.63, 3.8) is 0 Å². The maximum absolute atomic E-state index is 12.6. The summed E-state index contributed by atoms with van der Waals surface area (Å²) in [6.45, 7) is 2.17. The molecule has 1 saturated heterocycles. The normalized spacial score (nSPS) is 17.0. The Morgan fingerprint density at radius 3 is 2.68 bits per heavy atom. The number of aliphatic carboxylic acids is 1. The molecule has 1 amide bonds. The third-order valence-electron chi connectivity index (χ3n) is 5.39. The molecule has 1 aliphatic heterocycles. The first-order valence-electron chi connectivity index (χ1n) is 9.84. The molecule has 1 aliphatic rings. The van der Waals surface area contributed by atoms with Crippen LogP contribution in [-0.4, -0.2) is 41.1 Å². The zero-order valence-electron chi connectivity index (χ0n) is 16.7. The van der Waals surface area contributed by atoms with Crippen molar-refractivity contribution in [1.29, 1.82) is 0 Å². The standard InChI is InChI=1S/C23H20ClNO6/c1-13(22(27)25-9-8-14(12-25)23(28)29)30-15-6-7-17-18(11-21(26)31-20(17)10-15)16-4-2-3-5-19(16)24/h2-7,10-11,13-14H,8-9,12H2,1H3,(H,28,29)/t13?,14-/m0/s1. The van der Waals surface area contributed by atoms with E-state index in [1.807, 2.05) is 18.2 Å². The van der Waals surface area contributed by atoms with E-state index in [0.717, 1.165) is 0 Å². The van der Waals surface area contributed by atoms with Crippen LogP contribution in [-0.2, 0) is 9.59 Å². The summed E-state index contributed by atoms with van der Waals surface area (Å²) >= 11 is 6.30. The molecule has 31 heavy (non-hydrogen) atoms. The van der Waals surface area contributed by atoms with E-state index >= 15 is 0 Å². The molecule has 4 rings (SSSR count). The summed E-state index contributed by atoms with van der Waals surface area (Å²) in [7, 11) is 0. The van der Waals surface area contributed by atoms with Crippen molar-refractivity contribution in [3.8, 4) is 16.9 Å². The molecule has 8 heteroatoms. The fourth-order valence-corrected chi connectivity index (χ4v) is 4.03. The number of carbonyl (C=O) groups is 2. The highest BCUT2D eigenvalue weighted by Crippen LogP contribution is 2.34. The number of halogens is 1. The predicted octanol–water partition coefficient (Wildman–Crippen LogP) is 3.81. The summed E-state index contributed by atoms with van der Waals surface area (Å²) in [5.74, 6) is -1.37. The van der Waals surface area contributed by atoms with Crippen LogP contribution in [0.1, 0.15) is 13.3 Å². The van der Waals surface area contributed by atoms with Gasteiger partial charge in [0, 0.05) is 46.8 Å². The van der Waals surface area contributed by atoms with Gasteiger partial charge in [-0.3, -0.25) is 9.59 Å². The van der Waals surface area contributed by atoms with Crippen LogP contribution < -0.4 is 10.4 Å². The SMILES string of the molecule is CC(Oc1ccc2c(-c3ccccc3Cl)cc(=O)oc2c1)C(=O)N1CC[C@H](C(=O)O)C1. The first-order chi connectivity index (χ1) is 14.8. The average Bonchev–Trinajstić information content (AvgIpc) is 3.23. The van der Waals surface area contributed by atoms with Crippen molar-refractivity contribution in [2.75, 3.05) is 13.1 Å². The minimum absolute atomic E-state index is 0.176. The van der Waals surface area contributed by atoms with Crippen LogP contribution in [0.25, 0.3) is 22.1 Å². The maximum atomic E-state index is 12.6. The molecule has 2 atom stereocenters. The van der Waals surface area contributed by atoms with E-state index in [9.17, 15) is 14.4 Å². The van der Waals surface area contributed by atoms with Crippen LogP contribution in [0, 0.1) is 5.92 Å². The van der Waals surface area contributed by atoms with Crippen molar-refractivity contribution >= 4 is 34.4 Å². The Hall–Kier alpha value is -3.32. The number of amides is 1. The van der Waals surface area contributed by atoms with Crippen LogP contribution in [0.4, 0.5) is 0 Å². The number of rotatable bonds is 5. The van der Waals surface area contributed by atoms with E-state index in [1.165, 1.54) is 11.0 Å². The van der Waals surface area contributed by atoms with Crippen LogP contribution in [0.5, 0.6) is 5.75 Å². The lowest BCUT2D eigenvalue weighted by Crippen LogP contribution is -2.39. The van der Waals surface area contributed by atoms with Crippen LogP contribution in [0.15, 0.2) is 57.7 Å². The highest BCUT2D eigenvalue weighted by molar-refractivity contribution is 6.33. The van der Waals surface area contributed by atoms with Crippen LogP contribution >= 0.6 is 11.6 Å². The molecule has 0 spiro atoms. The van der Waals surface area contributed by atoms with E-state index in [4.69, 9.17) is 25.9 Å². The summed E-state index contributed by atoms with van der Waals surface area (Å²) in [6.07, 6.45) is -0.386. The molecule has 1 N–H and O–H groups in total. The predicted molar refractivity (Wildman–Crippen MR) is 115 cm³/mol. The van der Waals surface area contributed by atoms with E-state index in [0.29, 0.717) is 45.8 Å². The zero-order chi connectivity index (χ0) is 22.1. The lowest BCUT2D eigenvalue weighted by molar-refractivity contribution is -0.142. The lowest BCUT2D eigenvalue weighted by Gasteiger charge is -2.21. The summed E-state index contributed by atoms with van der Waals surface area (Å²) < 4.78 is 11.1. The molecule has 2 aromatic carbocycles. The number of nitrogens with zero attached hydrogens (tertiary/aromatic N) is 1. The fourth-order valence-electron chi connectivity index (χ4n) is 3.79. The Balaban J connectivity index is 1.59. The van der Waals surface area contributed by atoms with Gasteiger partial charge in [-0.25, -0.2) is 4.79 Å². The third kappa shape index (κ3) is 4.27. The van der Waals surface area contributed by atoms with Crippen molar-refractivity contribution in [3.05, 3.63) is 64.0 Å². The number of likely N-dealkylation sites (tertiary alicyclic amines) is 1. The van der Waals surface area contributed by atoms with Gasteiger partial charge in [0.2, 0.25) is 0 Å². The minimum atomic E-state index is -0.900. The molecular weight excluding hydrogens is 422 g/mol. The van der Waals surface area contributed by atoms with Gasteiger partial charge in [0.05, 0.1) is 5.92 Å². The minimum Gasteiger partial charge on any atom is -0.481 e. The zero-order valence-corrected chi connectivity index (χ0v) is 17.5. The van der Waals surface area contributed by atoms with Gasteiger partial charge in [-0.15, -0.1) is 0 Å². The quantitative estimate of drug-likeness (QED) is 0.604. The number of hydrogen-bond donors (Lipinski definition) is 1. The Bertz CT molecular complexity index is 1220. The van der Waals surface area contributed by atoms with Crippen molar-refractivity contribution in [2.24, 2.45) is 5.92 Å². The largest absolute Gasteiger partial charge is 0.481 e. The number of carboxylic acid groups (broad SMARTS) is 1. The van der Waals surface area contributed by atoms with E-state index in [2.05, 4.69) is 0 Å². The molecule has 1 fully saturated rings. The molecule has 160 valence electrons. The highest BCUT2D eigenvalue weighted by Gasteiger charge is 2.33. The van der Waals surface area contributed by atoms with Gasteiger partial charge in [-0.2, -0.15) is 0 Å². The molecule has 3 aromatic rings. The maximum Gasteiger partial charge on any atom is 0.336 e. The second-order valence-electron chi connectivity index (χ2n) is 7.49. The molecule has 0 saturated carbocycles. The number of fused-ring (bicyclic) bond motifs is 1. The fraction of sp³-hybridized carbons (Fsp3) is 0.261. The summed E-state index contributed by atoms with van der Waals surface area (Å²) in [5, 5.41) is 10.3. The number of carbonyl (C=O) groups excluding carboxylic acids is 1. The lowest BCUT2D eigenvalue weighted by atomic mass is 10.0. The van der Waals surface area contributed by atoms with E-state index in [-0.39, 0.29) is 12.5 Å². The average molecular weight is 442 g/mol. The molecule has 0 bridgehead atoms. The summed E-state index contributed by atoms with van der Waals surface area (Å²) in [5.41, 5.74) is 1.14. The Kier molecular flexibility index (Phi) is 5.69. The van der Waals surface area contributed by atoms with Gasteiger partial charge in [0.25, 0.3) is 5.91 Å². The second kappa shape index (κ2) is 8.43. The highest BCUT2D eigenvalue weighted by atomic mass is 35.5. The van der Waals surface area contributed by atoms with Gasteiger partial charge in [-0.05, 0) is 31.5 Å². The number of hydrogen-bond acceptors (Lipinski definition) is 5. The molecule has 0 aliphatic carbocycles. The molecule has 1 aromatic heterocycles. The summed E-state index contributed by atoms with van der Waals surface area (Å²) in [4.78, 5) is 37.4. The first kappa shape index (κ1) is 20.9. The Morgan fingerprint density at radius 2 is 1.97 bits per heavy atom. The van der Waals surface area contributed by atoms with Crippen molar-refractivity contribution in [2.45, 2.75) is 19.4 Å². The molecule has 1 unspecified atom stereocenters. The Labute approximate surface area is 182 Å². The van der Waals surface area contributed by atoms with Gasteiger partial charge in [0.1, 0.15) is 11.3 Å². The molecule has 2 heterocycles. The molecular formula is C23H20ClNO6. The summed E-state index contributed by atoms with van der Waals surface area (Å²) in [6, 6.07) is 13.6. The monoisotopic (exact) mass is 441 g/mol. The third-order valence-corrected chi connectivity index (χ3v) is 5.72. The Morgan fingerprint density at radius 1 is 1.19 bits per heavy atom. The molecule has 7 nitrogen and oxygen atoms in total. The number of benzene rings is 2. The number of carboxylic acids is 1. The van der Waals surface area contributed by atoms with Crippen molar-refractivity contribution < 1.29 is 23.8 Å². The van der Waals surface area contributed by atoms with E-state index in [1.54, 1.807) is 31.2 Å². The smallest absolute Gasteiger partial charge is 0.336 e. The van der Waals surface area contributed by atoms with Gasteiger partial charge < -0.3 is 19.2 Å². The van der Waals surface area contributed by atoms with Crippen LogP contribution in [0.2, 0.25) is 5.02 Å². The van der Waals surface area contributed by atoms with E-state index < -0.39 is 23.6 Å². The number of ether oxygens (including phenoxy) is 1. The van der Waals surface area contributed by atoms with Gasteiger partial charge >= 0.3 is 11.6 Å². The second-order valence-corrected chi connectivity index (χ2v) is 7.89. The topological polar surface area (TPSA) is 97.0 Å². The van der Waals surface area contributed by atoms with Gasteiger partial charge in [0.15, 0.2) is 6.10 Å².